The first-order chi connectivity index (χ1) is 16.5. The van der Waals surface area contributed by atoms with Crippen LogP contribution in [0, 0.1) is 23.8 Å². The Kier molecular flexibility index (Phi) is 8.23. The van der Waals surface area contributed by atoms with E-state index >= 15 is 0 Å². The smallest absolute Gasteiger partial charge is 0.348 e. The third-order valence-corrected chi connectivity index (χ3v) is 8.94. The molecule has 0 amide bonds. The fraction of sp³-hybridized carbons (Fsp3) is 0.593. The fourth-order valence-corrected chi connectivity index (χ4v) is 6.64. The molecule has 0 bridgehead atoms. The van der Waals surface area contributed by atoms with Gasteiger partial charge >= 0.3 is 5.97 Å². The third kappa shape index (κ3) is 5.61. The number of carbonyl (C=O) groups is 1. The molecule has 1 N–H and O–H groups in total. The summed E-state index contributed by atoms with van der Waals surface area (Å²) in [7, 11) is 1.41. The fourth-order valence-electron chi connectivity index (χ4n) is 5.67. The van der Waals surface area contributed by atoms with Gasteiger partial charge in [-0.05, 0) is 63.0 Å². The van der Waals surface area contributed by atoms with E-state index in [1.165, 1.54) is 29.7 Å². The van der Waals surface area contributed by atoms with Gasteiger partial charge in [0.15, 0.2) is 6.39 Å². The predicted octanol–water partition coefficient (Wildman–Crippen LogP) is 5.88. The van der Waals surface area contributed by atoms with E-state index in [4.69, 9.17) is 15.7 Å². The monoisotopic (exact) mass is 482 g/mol. The van der Waals surface area contributed by atoms with Crippen molar-refractivity contribution < 1.29 is 19.1 Å². The quantitative estimate of drug-likeness (QED) is 0.246. The van der Waals surface area contributed by atoms with E-state index in [0.29, 0.717) is 17.2 Å². The number of esters is 1. The van der Waals surface area contributed by atoms with Crippen molar-refractivity contribution in [2.75, 3.05) is 7.11 Å². The Bertz CT molecular complexity index is 1000. The molecule has 7 heteroatoms. The highest BCUT2D eigenvalue weighted by Gasteiger charge is 2.44. The number of rotatable bonds is 11. The molecule has 2 fully saturated rings. The molecule has 1 unspecified atom stereocenters. The van der Waals surface area contributed by atoms with Gasteiger partial charge in [0.1, 0.15) is 10.6 Å². The Labute approximate surface area is 205 Å². The number of nitrogens with zero attached hydrogens (tertiary/aromatic N) is 2. The van der Waals surface area contributed by atoms with Crippen LogP contribution < -0.4 is 0 Å². The van der Waals surface area contributed by atoms with Crippen molar-refractivity contribution in [3.63, 3.8) is 0 Å². The van der Waals surface area contributed by atoms with Crippen LogP contribution in [0.3, 0.4) is 0 Å². The number of ether oxygens (including phenoxy) is 1. The van der Waals surface area contributed by atoms with Crippen LogP contribution in [0.15, 0.2) is 41.3 Å². The SMILES string of the molecule is [C-]#[N+][C@H]1CC[C@H](CCCc2ccc(C(=O)OC)s2)[C@H]1C=CCC(O)C1(Cc2cnco2)CCC1. The molecular formula is C27H34N2O4S. The topological polar surface area (TPSA) is 76.9 Å². The van der Waals surface area contributed by atoms with Gasteiger partial charge in [-0.3, -0.25) is 0 Å². The Hall–Kier alpha value is -2.43. The van der Waals surface area contributed by atoms with E-state index in [0.717, 1.165) is 63.5 Å². The number of hydrogen-bond acceptors (Lipinski definition) is 6. The van der Waals surface area contributed by atoms with Crippen molar-refractivity contribution >= 4 is 17.3 Å². The highest BCUT2D eigenvalue weighted by molar-refractivity contribution is 7.13. The molecule has 0 spiro atoms. The Morgan fingerprint density at radius 1 is 1.44 bits per heavy atom. The molecule has 0 radical (unpaired) electrons. The van der Waals surface area contributed by atoms with E-state index in [1.54, 1.807) is 6.20 Å². The summed E-state index contributed by atoms with van der Waals surface area (Å²) in [4.78, 5) is 21.4. The van der Waals surface area contributed by atoms with Gasteiger partial charge in [-0.25, -0.2) is 16.4 Å². The second kappa shape index (κ2) is 11.3. The number of thiophene rings is 1. The zero-order chi connectivity index (χ0) is 24.0. The van der Waals surface area contributed by atoms with Crippen LogP contribution in [-0.2, 0) is 17.6 Å². The van der Waals surface area contributed by atoms with Crippen molar-refractivity contribution in [2.24, 2.45) is 17.3 Å². The average Bonchev–Trinajstić information content (AvgIpc) is 3.57. The summed E-state index contributed by atoms with van der Waals surface area (Å²) in [6.07, 6.45) is 16.7. The van der Waals surface area contributed by atoms with Crippen molar-refractivity contribution in [2.45, 2.75) is 76.4 Å². The largest absolute Gasteiger partial charge is 0.465 e. The molecule has 34 heavy (non-hydrogen) atoms. The first kappa shape index (κ1) is 24.7. The van der Waals surface area contributed by atoms with Crippen LogP contribution in [-0.4, -0.2) is 35.3 Å². The van der Waals surface area contributed by atoms with E-state index in [2.05, 4.69) is 22.0 Å². The number of oxazole rings is 1. The third-order valence-electron chi connectivity index (χ3n) is 7.82. The Morgan fingerprint density at radius 3 is 2.97 bits per heavy atom. The lowest BCUT2D eigenvalue weighted by Crippen LogP contribution is -2.43. The van der Waals surface area contributed by atoms with Gasteiger partial charge in [-0.2, -0.15) is 0 Å². The molecule has 182 valence electrons. The highest BCUT2D eigenvalue weighted by atomic mass is 32.1. The van der Waals surface area contributed by atoms with E-state index in [-0.39, 0.29) is 23.3 Å². The molecule has 6 nitrogen and oxygen atoms in total. The van der Waals surface area contributed by atoms with Crippen LogP contribution in [0.5, 0.6) is 0 Å². The molecule has 4 atom stereocenters. The van der Waals surface area contributed by atoms with Gasteiger partial charge in [0, 0.05) is 23.1 Å². The summed E-state index contributed by atoms with van der Waals surface area (Å²) in [6, 6.07) is 3.89. The van der Waals surface area contributed by atoms with E-state index in [1.807, 2.05) is 12.1 Å². The van der Waals surface area contributed by atoms with Gasteiger partial charge < -0.3 is 19.1 Å². The lowest BCUT2D eigenvalue weighted by molar-refractivity contribution is -0.0356. The molecule has 2 aliphatic carbocycles. The molecule has 0 saturated heterocycles. The summed E-state index contributed by atoms with van der Waals surface area (Å²) in [6.45, 7) is 7.64. The first-order valence-electron chi connectivity index (χ1n) is 12.3. The maximum absolute atomic E-state index is 11.7. The van der Waals surface area contributed by atoms with Crippen LogP contribution in [0.2, 0.25) is 0 Å². The summed E-state index contributed by atoms with van der Waals surface area (Å²) >= 11 is 1.51. The summed E-state index contributed by atoms with van der Waals surface area (Å²) in [5, 5.41) is 11.0. The minimum absolute atomic E-state index is 0.0397. The van der Waals surface area contributed by atoms with Crippen molar-refractivity contribution in [1.29, 1.82) is 0 Å². The van der Waals surface area contributed by atoms with Crippen LogP contribution in [0.1, 0.15) is 71.7 Å². The van der Waals surface area contributed by atoms with Crippen molar-refractivity contribution in [3.05, 3.63) is 63.8 Å². The number of aliphatic hydroxyl groups excluding tert-OH is 1. The molecule has 2 aliphatic rings. The number of aliphatic hydroxyl groups is 1. The van der Waals surface area contributed by atoms with Crippen LogP contribution >= 0.6 is 11.3 Å². The Morgan fingerprint density at radius 2 is 2.29 bits per heavy atom. The summed E-state index contributed by atoms with van der Waals surface area (Å²) in [5.41, 5.74) is -0.109. The number of aryl methyl sites for hydroxylation is 1. The highest BCUT2D eigenvalue weighted by Crippen LogP contribution is 2.48. The number of hydrogen-bond donors (Lipinski definition) is 1. The molecule has 2 aromatic rings. The molecule has 0 aliphatic heterocycles. The zero-order valence-electron chi connectivity index (χ0n) is 19.8. The molecule has 2 aromatic heterocycles. The standard InChI is InChI=1S/C27H34N2O4S/c1-28-23-12-10-19(6-3-7-21-11-13-24(34-21)26(31)32-2)22(23)8-4-9-25(30)27(14-5-15-27)16-20-17-29-18-33-20/h4,8,11,13,17-19,22-23,25,30H,3,5-7,9-10,12,14-16H2,2H3/t19-,22+,23-,25?/m0/s1. The lowest BCUT2D eigenvalue weighted by Gasteiger charge is -2.45. The molecule has 2 heterocycles. The zero-order valence-corrected chi connectivity index (χ0v) is 20.6. The van der Waals surface area contributed by atoms with E-state index in [9.17, 15) is 9.90 Å². The lowest BCUT2D eigenvalue weighted by atomic mass is 9.62. The maximum Gasteiger partial charge on any atom is 0.348 e. The first-order valence-corrected chi connectivity index (χ1v) is 13.1. The minimum atomic E-state index is -0.406. The molecule has 2 saturated carbocycles. The predicted molar refractivity (Wildman–Crippen MR) is 131 cm³/mol. The molecule has 4 rings (SSSR count). The number of carbonyl (C=O) groups excluding carboxylic acids is 1. The average molecular weight is 483 g/mol. The number of aromatic nitrogens is 1. The molecule has 0 aromatic carbocycles. The summed E-state index contributed by atoms with van der Waals surface area (Å²) in [5.74, 6) is 1.32. The second-order valence-electron chi connectivity index (χ2n) is 9.80. The Balaban J connectivity index is 1.29. The summed E-state index contributed by atoms with van der Waals surface area (Å²) < 4.78 is 10.2. The van der Waals surface area contributed by atoms with Crippen LogP contribution in [0.25, 0.3) is 4.85 Å². The van der Waals surface area contributed by atoms with Crippen LogP contribution in [0.4, 0.5) is 0 Å². The van der Waals surface area contributed by atoms with Gasteiger partial charge in [0.05, 0.1) is 25.3 Å². The van der Waals surface area contributed by atoms with Crippen molar-refractivity contribution in [3.8, 4) is 0 Å². The van der Waals surface area contributed by atoms with Crippen molar-refractivity contribution in [1.82, 2.24) is 4.98 Å². The second-order valence-corrected chi connectivity index (χ2v) is 11.0. The molecular weight excluding hydrogens is 448 g/mol. The van der Waals surface area contributed by atoms with E-state index < -0.39 is 6.10 Å². The van der Waals surface area contributed by atoms with Gasteiger partial charge in [-0.15, -0.1) is 11.3 Å². The van der Waals surface area contributed by atoms with Gasteiger partial charge in [-0.1, -0.05) is 18.6 Å². The minimum Gasteiger partial charge on any atom is -0.465 e. The van der Waals surface area contributed by atoms with Gasteiger partial charge in [0.2, 0.25) is 6.04 Å². The normalized spacial score (nSPS) is 24.6. The number of methoxy groups -OCH3 is 1. The maximum atomic E-state index is 11.7. The van der Waals surface area contributed by atoms with Gasteiger partial charge in [0.25, 0.3) is 0 Å².